The van der Waals surface area contributed by atoms with Gasteiger partial charge in [0.05, 0.1) is 30.2 Å². The first kappa shape index (κ1) is 19.5. The van der Waals surface area contributed by atoms with Crippen molar-refractivity contribution in [2.75, 3.05) is 25.2 Å². The predicted molar refractivity (Wildman–Crippen MR) is 129 cm³/mol. The minimum Gasteiger partial charge on any atom is -0.497 e. The van der Waals surface area contributed by atoms with E-state index in [1.807, 2.05) is 25.1 Å². The first-order chi connectivity index (χ1) is 16.2. The second-order valence-electron chi connectivity index (χ2n) is 8.23. The smallest absolute Gasteiger partial charge is 0.140 e. The van der Waals surface area contributed by atoms with Gasteiger partial charge < -0.3 is 19.4 Å². The van der Waals surface area contributed by atoms with Gasteiger partial charge in [-0.25, -0.2) is 15.0 Å². The number of ether oxygens (including phenoxy) is 2. The lowest BCUT2D eigenvalue weighted by Gasteiger charge is -2.22. The van der Waals surface area contributed by atoms with Crippen molar-refractivity contribution in [1.82, 2.24) is 19.9 Å². The van der Waals surface area contributed by atoms with Gasteiger partial charge in [0.15, 0.2) is 0 Å². The number of nitrogens with zero attached hydrogens (tertiary/aromatic N) is 4. The summed E-state index contributed by atoms with van der Waals surface area (Å²) < 4.78 is 11.5. The molecule has 3 aromatic carbocycles. The number of nitrogens with one attached hydrogen (secondary N) is 1. The van der Waals surface area contributed by atoms with E-state index < -0.39 is 0 Å². The van der Waals surface area contributed by atoms with Crippen LogP contribution < -0.4 is 14.4 Å². The molecule has 3 heterocycles. The van der Waals surface area contributed by atoms with Crippen molar-refractivity contribution < 1.29 is 9.47 Å². The highest BCUT2D eigenvalue weighted by molar-refractivity contribution is 5.90. The highest BCUT2D eigenvalue weighted by Gasteiger charge is 2.20. The zero-order chi connectivity index (χ0) is 22.4. The van der Waals surface area contributed by atoms with Gasteiger partial charge in [0, 0.05) is 17.5 Å². The van der Waals surface area contributed by atoms with Crippen molar-refractivity contribution >= 4 is 27.8 Å². The molecule has 0 radical (unpaired) electrons. The van der Waals surface area contributed by atoms with Crippen LogP contribution in [-0.2, 0) is 6.54 Å². The van der Waals surface area contributed by atoms with Crippen molar-refractivity contribution in [3.8, 4) is 22.6 Å². The molecule has 0 bridgehead atoms. The Balaban J connectivity index is 1.39. The third kappa shape index (κ3) is 3.51. The summed E-state index contributed by atoms with van der Waals surface area (Å²) in [5.74, 6) is 3.50. The van der Waals surface area contributed by atoms with E-state index in [-0.39, 0.29) is 0 Å². The molecular formula is C26H23N5O2. The Morgan fingerprint density at radius 2 is 1.82 bits per heavy atom. The SMILES string of the molecule is COc1ccc2ncnc(N3CCOc4ccc(-c5ccc6nc(C)[nH]c6c5)cc4C3)c2c1. The molecule has 6 rings (SSSR count). The minimum absolute atomic E-state index is 0.585. The second-order valence-corrected chi connectivity index (χ2v) is 8.23. The summed E-state index contributed by atoms with van der Waals surface area (Å²) in [7, 11) is 1.67. The van der Waals surface area contributed by atoms with Gasteiger partial charge in [-0.1, -0.05) is 12.1 Å². The summed E-state index contributed by atoms with van der Waals surface area (Å²) in [6.07, 6.45) is 1.62. The standard InChI is InChI=1S/C26H23N5O2/c1-16-29-23-6-3-18(12-24(23)30-16)17-4-8-25-19(11-17)14-31(9-10-33-25)26-21-13-20(32-2)5-7-22(21)27-15-28-26/h3-8,11-13,15H,9-10,14H2,1-2H3,(H,29,30). The molecule has 7 heteroatoms. The van der Waals surface area contributed by atoms with Crippen LogP contribution >= 0.6 is 0 Å². The Labute approximate surface area is 191 Å². The molecule has 1 aliphatic heterocycles. The number of anilines is 1. The number of fused-ring (bicyclic) bond motifs is 3. The fourth-order valence-corrected chi connectivity index (χ4v) is 4.47. The van der Waals surface area contributed by atoms with Crippen molar-refractivity contribution in [1.29, 1.82) is 0 Å². The quantitative estimate of drug-likeness (QED) is 0.433. The molecule has 7 nitrogen and oxygen atoms in total. The predicted octanol–water partition coefficient (Wildman–Crippen LogP) is 4.89. The number of imidazole rings is 1. The Morgan fingerprint density at radius 3 is 2.73 bits per heavy atom. The van der Waals surface area contributed by atoms with Gasteiger partial charge in [0.1, 0.15) is 36.1 Å². The maximum Gasteiger partial charge on any atom is 0.140 e. The van der Waals surface area contributed by atoms with Gasteiger partial charge in [0.2, 0.25) is 0 Å². The Kier molecular flexibility index (Phi) is 4.61. The number of H-pyrrole nitrogens is 1. The zero-order valence-corrected chi connectivity index (χ0v) is 18.5. The van der Waals surface area contributed by atoms with Crippen LogP contribution in [0.4, 0.5) is 5.82 Å². The maximum atomic E-state index is 6.10. The molecular weight excluding hydrogens is 414 g/mol. The van der Waals surface area contributed by atoms with Crippen molar-refractivity contribution in [2.45, 2.75) is 13.5 Å². The van der Waals surface area contributed by atoms with Crippen molar-refractivity contribution in [3.63, 3.8) is 0 Å². The van der Waals surface area contributed by atoms with Gasteiger partial charge in [-0.15, -0.1) is 0 Å². The van der Waals surface area contributed by atoms with Crippen molar-refractivity contribution in [2.24, 2.45) is 0 Å². The molecule has 33 heavy (non-hydrogen) atoms. The van der Waals surface area contributed by atoms with Crippen LogP contribution in [0.1, 0.15) is 11.4 Å². The number of aromatic amines is 1. The van der Waals surface area contributed by atoms with E-state index in [4.69, 9.17) is 9.47 Å². The number of hydrogen-bond donors (Lipinski definition) is 1. The fourth-order valence-electron chi connectivity index (χ4n) is 4.47. The number of methoxy groups -OCH3 is 1. The van der Waals surface area contributed by atoms with Crippen LogP contribution in [0.5, 0.6) is 11.5 Å². The average molecular weight is 438 g/mol. The summed E-state index contributed by atoms with van der Waals surface area (Å²) >= 11 is 0. The minimum atomic E-state index is 0.585. The molecule has 0 atom stereocenters. The maximum absolute atomic E-state index is 6.10. The first-order valence-corrected chi connectivity index (χ1v) is 10.9. The van der Waals surface area contributed by atoms with Crippen LogP contribution in [0.25, 0.3) is 33.1 Å². The van der Waals surface area contributed by atoms with E-state index in [1.54, 1.807) is 13.4 Å². The number of aryl methyl sites for hydroxylation is 1. The van der Waals surface area contributed by atoms with Gasteiger partial charge in [-0.05, 0) is 60.5 Å². The van der Waals surface area contributed by atoms with Crippen LogP contribution in [0.3, 0.4) is 0 Å². The highest BCUT2D eigenvalue weighted by atomic mass is 16.5. The van der Waals surface area contributed by atoms with E-state index in [2.05, 4.69) is 61.2 Å². The summed E-state index contributed by atoms with van der Waals surface area (Å²) in [5.41, 5.74) is 6.32. The fraction of sp³-hybridized carbons (Fsp3) is 0.192. The Bertz CT molecular complexity index is 1490. The van der Waals surface area contributed by atoms with E-state index >= 15 is 0 Å². The molecule has 0 aliphatic carbocycles. The van der Waals surface area contributed by atoms with Crippen LogP contribution in [0, 0.1) is 6.92 Å². The molecule has 164 valence electrons. The molecule has 0 unspecified atom stereocenters. The third-order valence-corrected chi connectivity index (χ3v) is 6.10. The molecule has 0 spiro atoms. The van der Waals surface area contributed by atoms with Gasteiger partial charge in [-0.2, -0.15) is 0 Å². The summed E-state index contributed by atoms with van der Waals surface area (Å²) in [4.78, 5) is 19.1. The number of aromatic nitrogens is 4. The molecule has 0 saturated heterocycles. The molecule has 0 fully saturated rings. The highest BCUT2D eigenvalue weighted by Crippen LogP contribution is 2.33. The van der Waals surface area contributed by atoms with Gasteiger partial charge >= 0.3 is 0 Å². The average Bonchev–Trinajstić information content (AvgIpc) is 3.09. The van der Waals surface area contributed by atoms with Gasteiger partial charge in [0.25, 0.3) is 0 Å². The summed E-state index contributed by atoms with van der Waals surface area (Å²) in [6, 6.07) is 18.6. The normalized spacial score (nSPS) is 13.6. The molecule has 2 aromatic heterocycles. The monoisotopic (exact) mass is 437 g/mol. The third-order valence-electron chi connectivity index (χ3n) is 6.10. The Morgan fingerprint density at radius 1 is 0.970 bits per heavy atom. The zero-order valence-electron chi connectivity index (χ0n) is 18.5. The second kappa shape index (κ2) is 7.78. The molecule has 5 aromatic rings. The summed E-state index contributed by atoms with van der Waals surface area (Å²) in [5, 5.41) is 0.969. The molecule has 0 saturated carbocycles. The largest absolute Gasteiger partial charge is 0.497 e. The first-order valence-electron chi connectivity index (χ1n) is 10.9. The number of rotatable bonds is 3. The van der Waals surface area contributed by atoms with Crippen LogP contribution in [0.15, 0.2) is 60.9 Å². The lowest BCUT2D eigenvalue weighted by atomic mass is 10.0. The van der Waals surface area contributed by atoms with E-state index in [9.17, 15) is 0 Å². The molecule has 1 N–H and O–H groups in total. The van der Waals surface area contributed by atoms with E-state index in [1.165, 1.54) is 0 Å². The summed E-state index contributed by atoms with van der Waals surface area (Å²) in [6.45, 7) is 3.98. The van der Waals surface area contributed by atoms with Crippen LogP contribution in [-0.4, -0.2) is 40.2 Å². The number of benzene rings is 3. The molecule has 1 aliphatic rings. The topological polar surface area (TPSA) is 76.2 Å². The van der Waals surface area contributed by atoms with E-state index in [0.29, 0.717) is 13.2 Å². The lowest BCUT2D eigenvalue weighted by molar-refractivity contribution is 0.331. The number of hydrogen-bond acceptors (Lipinski definition) is 6. The van der Waals surface area contributed by atoms with Crippen molar-refractivity contribution in [3.05, 3.63) is 72.3 Å². The van der Waals surface area contributed by atoms with Gasteiger partial charge in [-0.3, -0.25) is 0 Å². The Hall–Kier alpha value is -4.13. The van der Waals surface area contributed by atoms with E-state index in [0.717, 1.165) is 68.3 Å². The molecule has 0 amide bonds. The lowest BCUT2D eigenvalue weighted by Crippen LogP contribution is -2.26. The van der Waals surface area contributed by atoms with Crippen LogP contribution in [0.2, 0.25) is 0 Å².